The topological polar surface area (TPSA) is 75.4 Å². The molecule has 1 unspecified atom stereocenters. The van der Waals surface area contributed by atoms with Crippen LogP contribution in [0.15, 0.2) is 24.3 Å². The summed E-state index contributed by atoms with van der Waals surface area (Å²) in [7, 11) is 0. The van der Waals surface area contributed by atoms with Crippen LogP contribution in [-0.2, 0) is 11.2 Å². The maximum atomic E-state index is 12.0. The van der Waals surface area contributed by atoms with Crippen molar-refractivity contribution in [1.82, 2.24) is 5.32 Å². The Labute approximate surface area is 126 Å². The summed E-state index contributed by atoms with van der Waals surface area (Å²) >= 11 is 0. The van der Waals surface area contributed by atoms with E-state index in [0.717, 1.165) is 18.0 Å². The number of phenolic OH excluding ortho intramolecular Hbond substituents is 1. The van der Waals surface area contributed by atoms with Gasteiger partial charge in [-0.2, -0.15) is 0 Å². The number of benzene rings is 1. The molecule has 0 aromatic heterocycles. The van der Waals surface area contributed by atoms with Crippen molar-refractivity contribution in [1.29, 1.82) is 0 Å². The molecule has 1 saturated carbocycles. The van der Waals surface area contributed by atoms with E-state index in [1.54, 1.807) is 24.3 Å². The standard InChI is InChI=1S/C17H26N2O2/c1-12-2-4-14(5-3-12)11-19-17(21)16(18)10-13-6-8-15(20)9-7-13/h6-9,12,14,16,20H,2-5,10-11,18H2,1H3,(H,19,21). The summed E-state index contributed by atoms with van der Waals surface area (Å²) in [4.78, 5) is 12.0. The molecule has 4 N–H and O–H groups in total. The van der Waals surface area contributed by atoms with Crippen molar-refractivity contribution in [2.75, 3.05) is 6.54 Å². The lowest BCUT2D eigenvalue weighted by molar-refractivity contribution is -0.122. The van der Waals surface area contributed by atoms with Gasteiger partial charge in [-0.3, -0.25) is 4.79 Å². The Morgan fingerprint density at radius 2 is 1.90 bits per heavy atom. The average Bonchev–Trinajstić information content (AvgIpc) is 2.48. The summed E-state index contributed by atoms with van der Waals surface area (Å²) in [5.41, 5.74) is 6.91. The molecule has 0 aliphatic heterocycles. The van der Waals surface area contributed by atoms with Gasteiger partial charge in [-0.1, -0.05) is 31.9 Å². The lowest BCUT2D eigenvalue weighted by Gasteiger charge is -2.26. The van der Waals surface area contributed by atoms with E-state index in [2.05, 4.69) is 12.2 Å². The molecule has 1 aliphatic rings. The number of phenols is 1. The van der Waals surface area contributed by atoms with Gasteiger partial charge in [0.1, 0.15) is 5.75 Å². The number of amides is 1. The van der Waals surface area contributed by atoms with Crippen LogP contribution in [0, 0.1) is 11.8 Å². The average molecular weight is 290 g/mol. The maximum Gasteiger partial charge on any atom is 0.237 e. The molecule has 1 atom stereocenters. The maximum absolute atomic E-state index is 12.0. The van der Waals surface area contributed by atoms with Crippen LogP contribution in [0.25, 0.3) is 0 Å². The SMILES string of the molecule is CC1CCC(CNC(=O)C(N)Cc2ccc(O)cc2)CC1. The third-order valence-corrected chi connectivity index (χ3v) is 4.43. The smallest absolute Gasteiger partial charge is 0.237 e. The largest absolute Gasteiger partial charge is 0.508 e. The number of nitrogens with two attached hydrogens (primary N) is 1. The summed E-state index contributed by atoms with van der Waals surface area (Å²) in [5, 5.41) is 12.2. The molecule has 4 heteroatoms. The summed E-state index contributed by atoms with van der Waals surface area (Å²) in [6.07, 6.45) is 5.43. The number of hydrogen-bond acceptors (Lipinski definition) is 3. The predicted octanol–water partition coefficient (Wildman–Crippen LogP) is 2.20. The van der Waals surface area contributed by atoms with Crippen molar-refractivity contribution in [3.05, 3.63) is 29.8 Å². The van der Waals surface area contributed by atoms with Crippen molar-refractivity contribution in [2.24, 2.45) is 17.6 Å². The zero-order chi connectivity index (χ0) is 15.2. The van der Waals surface area contributed by atoms with E-state index in [-0.39, 0.29) is 11.7 Å². The first-order valence-corrected chi connectivity index (χ1v) is 7.86. The number of rotatable bonds is 5. The minimum atomic E-state index is -0.531. The molecule has 0 bridgehead atoms. The Kier molecular flexibility index (Phi) is 5.62. The lowest BCUT2D eigenvalue weighted by Crippen LogP contribution is -2.44. The van der Waals surface area contributed by atoms with Crippen molar-refractivity contribution < 1.29 is 9.90 Å². The second-order valence-electron chi connectivity index (χ2n) is 6.35. The van der Waals surface area contributed by atoms with E-state index >= 15 is 0 Å². The van der Waals surface area contributed by atoms with Gasteiger partial charge < -0.3 is 16.2 Å². The van der Waals surface area contributed by atoms with E-state index < -0.39 is 6.04 Å². The second-order valence-corrected chi connectivity index (χ2v) is 6.35. The summed E-state index contributed by atoms with van der Waals surface area (Å²) in [5.74, 6) is 1.57. The van der Waals surface area contributed by atoms with Crippen LogP contribution in [0.5, 0.6) is 5.75 Å². The Morgan fingerprint density at radius 1 is 1.29 bits per heavy atom. The van der Waals surface area contributed by atoms with Crippen LogP contribution in [0.4, 0.5) is 0 Å². The van der Waals surface area contributed by atoms with E-state index in [1.165, 1.54) is 25.7 Å². The van der Waals surface area contributed by atoms with Crippen LogP contribution < -0.4 is 11.1 Å². The van der Waals surface area contributed by atoms with Crippen molar-refractivity contribution >= 4 is 5.91 Å². The summed E-state index contributed by atoms with van der Waals surface area (Å²) in [6, 6.07) is 6.29. The minimum absolute atomic E-state index is 0.0818. The highest BCUT2D eigenvalue weighted by atomic mass is 16.3. The van der Waals surface area contributed by atoms with Crippen LogP contribution in [-0.4, -0.2) is 23.6 Å². The van der Waals surface area contributed by atoms with Gasteiger partial charge in [-0.25, -0.2) is 0 Å². The zero-order valence-corrected chi connectivity index (χ0v) is 12.7. The van der Waals surface area contributed by atoms with Crippen molar-refractivity contribution in [2.45, 2.75) is 45.1 Å². The van der Waals surface area contributed by atoms with Gasteiger partial charge in [0, 0.05) is 6.54 Å². The molecule has 21 heavy (non-hydrogen) atoms. The van der Waals surface area contributed by atoms with Crippen molar-refractivity contribution in [3.63, 3.8) is 0 Å². The Bertz CT molecular complexity index is 450. The quantitative estimate of drug-likeness (QED) is 0.778. The summed E-state index contributed by atoms with van der Waals surface area (Å²) in [6.45, 7) is 3.04. The molecule has 116 valence electrons. The summed E-state index contributed by atoms with van der Waals surface area (Å²) < 4.78 is 0. The van der Waals surface area contributed by atoms with E-state index in [4.69, 9.17) is 5.73 Å². The van der Waals surface area contributed by atoms with Crippen LogP contribution >= 0.6 is 0 Å². The van der Waals surface area contributed by atoms with E-state index in [0.29, 0.717) is 12.3 Å². The Balaban J connectivity index is 1.73. The number of nitrogens with one attached hydrogen (secondary N) is 1. The highest BCUT2D eigenvalue weighted by Crippen LogP contribution is 2.27. The molecule has 0 saturated heterocycles. The van der Waals surface area contributed by atoms with Crippen LogP contribution in [0.2, 0.25) is 0 Å². The number of carbonyl (C=O) groups excluding carboxylic acids is 1. The fourth-order valence-electron chi connectivity index (χ4n) is 2.89. The first kappa shape index (κ1) is 15.8. The third-order valence-electron chi connectivity index (χ3n) is 4.43. The Hall–Kier alpha value is -1.55. The zero-order valence-electron chi connectivity index (χ0n) is 12.7. The first-order valence-electron chi connectivity index (χ1n) is 7.86. The molecule has 0 spiro atoms. The molecule has 1 aromatic rings. The van der Waals surface area contributed by atoms with Gasteiger partial charge in [-0.15, -0.1) is 0 Å². The third kappa shape index (κ3) is 5.05. The second kappa shape index (κ2) is 7.46. The Morgan fingerprint density at radius 3 is 2.52 bits per heavy atom. The molecule has 0 heterocycles. The van der Waals surface area contributed by atoms with E-state index in [1.807, 2.05) is 0 Å². The number of carbonyl (C=O) groups is 1. The van der Waals surface area contributed by atoms with Crippen LogP contribution in [0.1, 0.15) is 38.2 Å². The molecule has 1 aliphatic carbocycles. The van der Waals surface area contributed by atoms with E-state index in [9.17, 15) is 9.90 Å². The molecule has 1 amide bonds. The predicted molar refractivity (Wildman–Crippen MR) is 83.9 cm³/mol. The molecule has 2 rings (SSSR count). The molecule has 4 nitrogen and oxygen atoms in total. The monoisotopic (exact) mass is 290 g/mol. The minimum Gasteiger partial charge on any atom is -0.508 e. The van der Waals surface area contributed by atoms with Gasteiger partial charge >= 0.3 is 0 Å². The van der Waals surface area contributed by atoms with Gasteiger partial charge in [0.15, 0.2) is 0 Å². The molecule has 1 fully saturated rings. The first-order chi connectivity index (χ1) is 10.0. The van der Waals surface area contributed by atoms with Gasteiger partial charge in [0.2, 0.25) is 5.91 Å². The fraction of sp³-hybridized carbons (Fsp3) is 0.588. The molecule has 0 radical (unpaired) electrons. The van der Waals surface area contributed by atoms with Crippen LogP contribution in [0.3, 0.4) is 0 Å². The highest BCUT2D eigenvalue weighted by Gasteiger charge is 2.20. The highest BCUT2D eigenvalue weighted by molar-refractivity contribution is 5.81. The lowest BCUT2D eigenvalue weighted by atomic mass is 9.83. The normalized spacial score (nSPS) is 23.5. The molecular weight excluding hydrogens is 264 g/mol. The molecular formula is C17H26N2O2. The van der Waals surface area contributed by atoms with Crippen molar-refractivity contribution in [3.8, 4) is 5.75 Å². The number of hydrogen-bond donors (Lipinski definition) is 3. The molecule has 1 aromatic carbocycles. The van der Waals surface area contributed by atoms with Gasteiger partial charge in [0.05, 0.1) is 6.04 Å². The van der Waals surface area contributed by atoms with Gasteiger partial charge in [-0.05, 0) is 48.8 Å². The fourth-order valence-corrected chi connectivity index (χ4v) is 2.89. The number of aromatic hydroxyl groups is 1. The van der Waals surface area contributed by atoms with Gasteiger partial charge in [0.25, 0.3) is 0 Å².